The van der Waals surface area contributed by atoms with E-state index in [-0.39, 0.29) is 5.41 Å². The lowest BCUT2D eigenvalue weighted by molar-refractivity contribution is 0.346. The summed E-state index contributed by atoms with van der Waals surface area (Å²) in [7, 11) is 0. The molecule has 0 bridgehead atoms. The second-order valence-electron chi connectivity index (χ2n) is 5.59. The van der Waals surface area contributed by atoms with Crippen molar-refractivity contribution < 1.29 is 5.11 Å². The van der Waals surface area contributed by atoms with Gasteiger partial charge in [0.1, 0.15) is 5.75 Å². The Morgan fingerprint density at radius 1 is 1.35 bits per heavy atom. The van der Waals surface area contributed by atoms with Crippen LogP contribution in [0.15, 0.2) is 22.7 Å². The van der Waals surface area contributed by atoms with Crippen LogP contribution in [0.2, 0.25) is 0 Å². The van der Waals surface area contributed by atoms with Gasteiger partial charge in [-0.15, -0.1) is 0 Å². The van der Waals surface area contributed by atoms with Gasteiger partial charge in [-0.2, -0.15) is 0 Å². The zero-order valence-electron chi connectivity index (χ0n) is 10.8. The highest BCUT2D eigenvalue weighted by Gasteiger charge is 2.35. The summed E-state index contributed by atoms with van der Waals surface area (Å²) in [4.78, 5) is 0. The van der Waals surface area contributed by atoms with Crippen LogP contribution in [0.3, 0.4) is 0 Å². The Morgan fingerprint density at radius 3 is 2.53 bits per heavy atom. The molecule has 1 aromatic carbocycles. The molecular formula is C15H19BrO. The molecule has 1 N–H and O–H groups in total. The van der Waals surface area contributed by atoms with Gasteiger partial charge in [0, 0.05) is 10.0 Å². The van der Waals surface area contributed by atoms with E-state index >= 15 is 0 Å². The van der Waals surface area contributed by atoms with E-state index < -0.39 is 0 Å². The minimum absolute atomic E-state index is 0.131. The summed E-state index contributed by atoms with van der Waals surface area (Å²) in [5, 5.41) is 10.1. The van der Waals surface area contributed by atoms with Crippen molar-refractivity contribution in [3.05, 3.63) is 33.8 Å². The van der Waals surface area contributed by atoms with E-state index in [0.29, 0.717) is 11.7 Å². The van der Waals surface area contributed by atoms with Crippen LogP contribution in [0, 0.1) is 18.3 Å². The van der Waals surface area contributed by atoms with Gasteiger partial charge in [-0.3, -0.25) is 0 Å². The van der Waals surface area contributed by atoms with Crippen LogP contribution in [0.5, 0.6) is 5.75 Å². The fourth-order valence-corrected chi connectivity index (χ4v) is 2.80. The van der Waals surface area contributed by atoms with Gasteiger partial charge >= 0.3 is 0 Å². The normalized spacial score (nSPS) is 22.6. The number of benzene rings is 1. The summed E-state index contributed by atoms with van der Waals surface area (Å²) < 4.78 is 1.06. The summed E-state index contributed by atoms with van der Waals surface area (Å²) in [6, 6.07) is 3.87. The molecule has 2 heteroatoms. The second kappa shape index (κ2) is 4.16. The van der Waals surface area contributed by atoms with E-state index in [1.54, 1.807) is 0 Å². The van der Waals surface area contributed by atoms with E-state index in [4.69, 9.17) is 0 Å². The Labute approximate surface area is 112 Å². The Morgan fingerprint density at radius 2 is 2.00 bits per heavy atom. The number of hydrogen-bond donors (Lipinski definition) is 1. The highest BCUT2D eigenvalue weighted by Crippen LogP contribution is 2.50. The van der Waals surface area contributed by atoms with E-state index in [1.165, 1.54) is 5.57 Å². The minimum Gasteiger partial charge on any atom is -0.507 e. The number of hydrogen-bond acceptors (Lipinski definition) is 1. The van der Waals surface area contributed by atoms with Gasteiger partial charge in [-0.25, -0.2) is 0 Å². The van der Waals surface area contributed by atoms with Crippen molar-refractivity contribution in [2.24, 2.45) is 11.3 Å². The molecule has 0 heterocycles. The number of aryl methyl sites for hydroxylation is 1. The highest BCUT2D eigenvalue weighted by atomic mass is 79.9. The maximum Gasteiger partial charge on any atom is 0.123 e. The molecule has 0 amide bonds. The SMILES string of the molecule is Cc1cc(O)c(C2=CC[C@H](C)C2(C)C)cc1Br. The molecule has 1 aliphatic carbocycles. The van der Waals surface area contributed by atoms with Gasteiger partial charge in [-0.1, -0.05) is 42.8 Å². The number of phenols is 1. The first-order valence-corrected chi connectivity index (χ1v) is 6.83. The van der Waals surface area contributed by atoms with Crippen molar-refractivity contribution in [1.29, 1.82) is 0 Å². The highest BCUT2D eigenvalue weighted by molar-refractivity contribution is 9.10. The molecule has 0 radical (unpaired) electrons. The van der Waals surface area contributed by atoms with E-state index in [1.807, 2.05) is 19.1 Å². The van der Waals surface area contributed by atoms with Crippen LogP contribution < -0.4 is 0 Å². The maximum atomic E-state index is 10.1. The molecule has 1 aromatic rings. The Kier molecular flexibility index (Phi) is 3.11. The Bertz CT molecular complexity index is 486. The average molecular weight is 295 g/mol. The third-order valence-corrected chi connectivity index (χ3v) is 5.02. The number of phenolic OH excluding ortho intramolecular Hbond substituents is 1. The first kappa shape index (κ1) is 12.7. The zero-order chi connectivity index (χ0) is 12.8. The molecule has 0 fully saturated rings. The van der Waals surface area contributed by atoms with Crippen LogP contribution in [0.1, 0.15) is 38.3 Å². The predicted octanol–water partition coefficient (Wildman–Crippen LogP) is 4.91. The van der Waals surface area contributed by atoms with Gasteiger partial charge < -0.3 is 5.11 Å². The van der Waals surface area contributed by atoms with Gasteiger partial charge in [0.05, 0.1) is 0 Å². The van der Waals surface area contributed by atoms with E-state index in [9.17, 15) is 5.11 Å². The van der Waals surface area contributed by atoms with Crippen LogP contribution in [0.25, 0.3) is 5.57 Å². The van der Waals surface area contributed by atoms with Gasteiger partial charge in [0.15, 0.2) is 0 Å². The van der Waals surface area contributed by atoms with Crippen molar-refractivity contribution in [2.45, 2.75) is 34.1 Å². The van der Waals surface area contributed by atoms with Crippen molar-refractivity contribution >= 4 is 21.5 Å². The summed E-state index contributed by atoms with van der Waals surface area (Å²) >= 11 is 3.54. The number of allylic oxidation sites excluding steroid dienone is 2. The molecule has 92 valence electrons. The van der Waals surface area contributed by atoms with Crippen molar-refractivity contribution in [3.8, 4) is 5.75 Å². The molecule has 0 aliphatic heterocycles. The third-order valence-electron chi connectivity index (χ3n) is 4.17. The fraction of sp³-hybridized carbons (Fsp3) is 0.467. The monoisotopic (exact) mass is 294 g/mol. The first-order valence-electron chi connectivity index (χ1n) is 6.04. The summed E-state index contributed by atoms with van der Waals surface area (Å²) in [6.45, 7) is 8.77. The quantitative estimate of drug-likeness (QED) is 0.780. The van der Waals surface area contributed by atoms with Gasteiger partial charge in [-0.05, 0) is 47.9 Å². The molecule has 0 unspecified atom stereocenters. The molecule has 2 rings (SSSR count). The molecular weight excluding hydrogens is 276 g/mol. The second-order valence-corrected chi connectivity index (χ2v) is 6.45. The summed E-state index contributed by atoms with van der Waals surface area (Å²) in [5.41, 5.74) is 3.43. The van der Waals surface area contributed by atoms with Gasteiger partial charge in [0.2, 0.25) is 0 Å². The predicted molar refractivity (Wildman–Crippen MR) is 76.1 cm³/mol. The summed E-state index contributed by atoms with van der Waals surface area (Å²) in [5.74, 6) is 1.01. The van der Waals surface area contributed by atoms with Crippen molar-refractivity contribution in [1.82, 2.24) is 0 Å². The molecule has 0 spiro atoms. The average Bonchev–Trinajstić information content (AvgIpc) is 2.49. The Balaban J connectivity index is 2.53. The molecule has 0 saturated heterocycles. The smallest absolute Gasteiger partial charge is 0.123 e. The van der Waals surface area contributed by atoms with E-state index in [0.717, 1.165) is 22.0 Å². The first-order chi connectivity index (χ1) is 7.84. The standard InChI is InChI=1S/C15H19BrO/c1-9-7-14(17)11(8-13(9)16)12-6-5-10(2)15(12,3)4/h6-8,10,17H,5H2,1-4H3/t10-/m0/s1. The number of halogens is 1. The molecule has 1 nitrogen and oxygen atoms in total. The molecule has 17 heavy (non-hydrogen) atoms. The lowest BCUT2D eigenvalue weighted by Gasteiger charge is -2.29. The molecule has 0 aromatic heterocycles. The van der Waals surface area contributed by atoms with Crippen LogP contribution >= 0.6 is 15.9 Å². The number of aromatic hydroxyl groups is 1. The molecule has 1 aliphatic rings. The Hall–Kier alpha value is -0.760. The zero-order valence-corrected chi connectivity index (χ0v) is 12.4. The minimum atomic E-state index is 0.131. The lowest BCUT2D eigenvalue weighted by Crippen LogP contribution is -2.18. The van der Waals surface area contributed by atoms with Crippen LogP contribution in [-0.2, 0) is 0 Å². The van der Waals surface area contributed by atoms with Crippen LogP contribution in [0.4, 0.5) is 0 Å². The maximum absolute atomic E-state index is 10.1. The fourth-order valence-electron chi connectivity index (χ4n) is 2.46. The van der Waals surface area contributed by atoms with E-state index in [2.05, 4.69) is 42.8 Å². The molecule has 0 saturated carbocycles. The molecule has 1 atom stereocenters. The van der Waals surface area contributed by atoms with Crippen LogP contribution in [-0.4, -0.2) is 5.11 Å². The lowest BCUT2D eigenvalue weighted by atomic mass is 9.76. The topological polar surface area (TPSA) is 20.2 Å². The van der Waals surface area contributed by atoms with Gasteiger partial charge in [0.25, 0.3) is 0 Å². The largest absolute Gasteiger partial charge is 0.507 e. The third kappa shape index (κ3) is 2.03. The van der Waals surface area contributed by atoms with Crippen molar-refractivity contribution in [2.75, 3.05) is 0 Å². The number of rotatable bonds is 1. The van der Waals surface area contributed by atoms with Crippen molar-refractivity contribution in [3.63, 3.8) is 0 Å². The summed E-state index contributed by atoms with van der Waals surface area (Å²) in [6.07, 6.45) is 3.36.